The number of piperidine rings is 1. The molecule has 2 rings (SSSR count). The lowest BCUT2D eigenvalue weighted by molar-refractivity contribution is 0.0733. The SMILES string of the molecule is CC1CN(CC2CCCN(S(C)(=O)=O)C2)C(C(C)C)CN1. The highest BCUT2D eigenvalue weighted by atomic mass is 32.2. The topological polar surface area (TPSA) is 52.7 Å². The van der Waals surface area contributed by atoms with Gasteiger partial charge >= 0.3 is 0 Å². The lowest BCUT2D eigenvalue weighted by Gasteiger charge is -2.44. The molecule has 0 aliphatic carbocycles. The largest absolute Gasteiger partial charge is 0.311 e. The lowest BCUT2D eigenvalue weighted by Crippen LogP contribution is -2.59. The maximum atomic E-state index is 11.8. The first-order chi connectivity index (χ1) is 9.77. The highest BCUT2D eigenvalue weighted by molar-refractivity contribution is 7.88. The fraction of sp³-hybridized carbons (Fsp3) is 1.00. The summed E-state index contributed by atoms with van der Waals surface area (Å²) in [5, 5.41) is 3.57. The molecule has 124 valence electrons. The molecule has 2 aliphatic rings. The Hall–Kier alpha value is -0.170. The van der Waals surface area contributed by atoms with Gasteiger partial charge in [0.1, 0.15) is 0 Å². The van der Waals surface area contributed by atoms with E-state index in [4.69, 9.17) is 0 Å². The summed E-state index contributed by atoms with van der Waals surface area (Å²) < 4.78 is 25.2. The van der Waals surface area contributed by atoms with E-state index in [0.717, 1.165) is 32.5 Å². The Kier molecular flexibility index (Phi) is 5.68. The Morgan fingerprint density at radius 3 is 2.62 bits per heavy atom. The highest BCUT2D eigenvalue weighted by Crippen LogP contribution is 2.23. The molecule has 3 atom stereocenters. The third kappa shape index (κ3) is 4.65. The van der Waals surface area contributed by atoms with Crippen molar-refractivity contribution in [3.8, 4) is 0 Å². The number of piperazine rings is 1. The zero-order chi connectivity index (χ0) is 15.6. The van der Waals surface area contributed by atoms with Gasteiger partial charge < -0.3 is 5.32 Å². The van der Waals surface area contributed by atoms with Gasteiger partial charge in [-0.1, -0.05) is 13.8 Å². The molecular weight excluding hydrogens is 286 g/mol. The minimum Gasteiger partial charge on any atom is -0.311 e. The van der Waals surface area contributed by atoms with Gasteiger partial charge in [0.2, 0.25) is 10.0 Å². The van der Waals surface area contributed by atoms with Crippen molar-refractivity contribution in [1.82, 2.24) is 14.5 Å². The van der Waals surface area contributed by atoms with Crippen LogP contribution in [0.15, 0.2) is 0 Å². The van der Waals surface area contributed by atoms with Crippen LogP contribution in [0.2, 0.25) is 0 Å². The average molecular weight is 317 g/mol. The van der Waals surface area contributed by atoms with Crippen LogP contribution in [0.4, 0.5) is 0 Å². The Labute approximate surface area is 130 Å². The maximum Gasteiger partial charge on any atom is 0.211 e. The first kappa shape index (κ1) is 17.2. The zero-order valence-electron chi connectivity index (χ0n) is 13.9. The lowest BCUT2D eigenvalue weighted by atomic mass is 9.94. The number of sulfonamides is 1. The van der Waals surface area contributed by atoms with Gasteiger partial charge in [-0.2, -0.15) is 0 Å². The molecule has 0 bridgehead atoms. The van der Waals surface area contributed by atoms with Crippen LogP contribution in [-0.2, 0) is 10.0 Å². The van der Waals surface area contributed by atoms with Crippen LogP contribution >= 0.6 is 0 Å². The fourth-order valence-electron chi connectivity index (χ4n) is 3.68. The molecule has 3 unspecified atom stereocenters. The van der Waals surface area contributed by atoms with Crippen molar-refractivity contribution in [3.63, 3.8) is 0 Å². The van der Waals surface area contributed by atoms with Gasteiger partial charge in [0.05, 0.1) is 6.26 Å². The Balaban J connectivity index is 1.98. The van der Waals surface area contributed by atoms with Crippen LogP contribution in [0.5, 0.6) is 0 Å². The smallest absolute Gasteiger partial charge is 0.211 e. The molecule has 0 saturated carbocycles. The molecule has 21 heavy (non-hydrogen) atoms. The predicted molar refractivity (Wildman–Crippen MR) is 86.8 cm³/mol. The summed E-state index contributed by atoms with van der Waals surface area (Å²) in [6, 6.07) is 1.09. The molecule has 0 aromatic heterocycles. The third-order valence-corrected chi connectivity index (χ3v) is 6.14. The Morgan fingerprint density at radius 1 is 1.29 bits per heavy atom. The van der Waals surface area contributed by atoms with E-state index in [1.807, 2.05) is 0 Å². The summed E-state index contributed by atoms with van der Waals surface area (Å²) in [5.41, 5.74) is 0. The van der Waals surface area contributed by atoms with Crippen molar-refractivity contribution in [2.45, 2.75) is 45.7 Å². The summed E-state index contributed by atoms with van der Waals surface area (Å²) in [7, 11) is -3.04. The zero-order valence-corrected chi connectivity index (χ0v) is 14.7. The molecule has 6 heteroatoms. The second kappa shape index (κ2) is 6.94. The van der Waals surface area contributed by atoms with Gasteiger partial charge in [0.25, 0.3) is 0 Å². The van der Waals surface area contributed by atoms with E-state index in [-0.39, 0.29) is 0 Å². The number of nitrogens with one attached hydrogen (secondary N) is 1. The van der Waals surface area contributed by atoms with Crippen molar-refractivity contribution in [1.29, 1.82) is 0 Å². The van der Waals surface area contributed by atoms with Gasteiger partial charge in [-0.15, -0.1) is 0 Å². The second-order valence-electron chi connectivity index (χ2n) is 7.20. The molecule has 2 saturated heterocycles. The quantitative estimate of drug-likeness (QED) is 0.840. The monoisotopic (exact) mass is 317 g/mol. The van der Waals surface area contributed by atoms with Gasteiger partial charge in [0, 0.05) is 44.8 Å². The van der Waals surface area contributed by atoms with Crippen LogP contribution in [0.1, 0.15) is 33.6 Å². The van der Waals surface area contributed by atoms with Crippen LogP contribution in [-0.4, -0.2) is 68.7 Å². The third-order valence-electron chi connectivity index (χ3n) is 4.87. The predicted octanol–water partition coefficient (Wildman–Crippen LogP) is 0.976. The highest BCUT2D eigenvalue weighted by Gasteiger charge is 2.32. The molecule has 5 nitrogen and oxygen atoms in total. The van der Waals surface area contributed by atoms with Crippen molar-refractivity contribution in [2.24, 2.45) is 11.8 Å². The molecule has 2 heterocycles. The Morgan fingerprint density at radius 2 is 2.00 bits per heavy atom. The summed E-state index contributed by atoms with van der Waals surface area (Å²) in [5.74, 6) is 1.10. The molecule has 0 amide bonds. The summed E-state index contributed by atoms with van der Waals surface area (Å²) in [4.78, 5) is 2.59. The van der Waals surface area contributed by atoms with E-state index in [0.29, 0.717) is 37.0 Å². The van der Waals surface area contributed by atoms with E-state index < -0.39 is 10.0 Å². The molecule has 0 radical (unpaired) electrons. The van der Waals surface area contributed by atoms with Crippen molar-refractivity contribution < 1.29 is 8.42 Å². The van der Waals surface area contributed by atoms with Crippen molar-refractivity contribution in [3.05, 3.63) is 0 Å². The van der Waals surface area contributed by atoms with E-state index in [9.17, 15) is 8.42 Å². The fourth-order valence-corrected chi connectivity index (χ4v) is 4.62. The van der Waals surface area contributed by atoms with Crippen molar-refractivity contribution in [2.75, 3.05) is 39.0 Å². The standard InChI is InChI=1S/C15H31N3O2S/c1-12(2)15-8-16-13(3)9-17(15)10-14-6-5-7-18(11-14)21(4,19)20/h12-16H,5-11H2,1-4H3. The summed E-state index contributed by atoms with van der Waals surface area (Å²) in [6.45, 7) is 11.3. The maximum absolute atomic E-state index is 11.8. The van der Waals surface area contributed by atoms with Crippen LogP contribution in [0.25, 0.3) is 0 Å². The number of nitrogens with zero attached hydrogens (tertiary/aromatic N) is 2. The van der Waals surface area contributed by atoms with Gasteiger partial charge in [0.15, 0.2) is 0 Å². The second-order valence-corrected chi connectivity index (χ2v) is 9.19. The van der Waals surface area contributed by atoms with Crippen LogP contribution in [0.3, 0.4) is 0 Å². The van der Waals surface area contributed by atoms with Gasteiger partial charge in [-0.25, -0.2) is 12.7 Å². The molecule has 2 aliphatic heterocycles. The molecule has 2 fully saturated rings. The minimum atomic E-state index is -3.04. The number of rotatable bonds is 4. The number of hydrogen-bond acceptors (Lipinski definition) is 4. The van der Waals surface area contributed by atoms with Crippen LogP contribution < -0.4 is 5.32 Å². The molecule has 1 N–H and O–H groups in total. The molecular formula is C15H31N3O2S. The van der Waals surface area contributed by atoms with Gasteiger partial charge in [-0.05, 0) is 31.6 Å². The Bertz CT molecular complexity index is 438. The summed E-state index contributed by atoms with van der Waals surface area (Å²) >= 11 is 0. The number of hydrogen-bond donors (Lipinski definition) is 1. The van der Waals surface area contributed by atoms with E-state index >= 15 is 0 Å². The van der Waals surface area contributed by atoms with Crippen molar-refractivity contribution >= 4 is 10.0 Å². The molecule has 0 spiro atoms. The molecule has 0 aromatic carbocycles. The minimum absolute atomic E-state index is 0.472. The first-order valence-corrected chi connectivity index (χ1v) is 10.0. The summed E-state index contributed by atoms with van der Waals surface area (Å²) in [6.07, 6.45) is 3.47. The van der Waals surface area contributed by atoms with E-state index in [2.05, 4.69) is 31.0 Å². The molecule has 0 aromatic rings. The average Bonchev–Trinajstić information content (AvgIpc) is 2.37. The normalized spacial score (nSPS) is 33.5. The van der Waals surface area contributed by atoms with E-state index in [1.54, 1.807) is 4.31 Å². The van der Waals surface area contributed by atoms with Crippen LogP contribution in [0, 0.1) is 11.8 Å². The van der Waals surface area contributed by atoms with E-state index in [1.165, 1.54) is 6.26 Å². The van der Waals surface area contributed by atoms with Gasteiger partial charge in [-0.3, -0.25) is 4.90 Å². The first-order valence-electron chi connectivity index (χ1n) is 8.20.